The number of carbonyl (C=O) groups excluding carboxylic acids is 1. The van der Waals surface area contributed by atoms with Gasteiger partial charge in [-0.2, -0.15) is 0 Å². The number of carbonyl (C=O) groups is 1. The minimum atomic E-state index is -1.04. The zero-order valence-electron chi connectivity index (χ0n) is 13.4. The van der Waals surface area contributed by atoms with Gasteiger partial charge in [0.15, 0.2) is 5.02 Å². The molecule has 0 spiro atoms. The summed E-state index contributed by atoms with van der Waals surface area (Å²) in [6.45, 7) is 0. The number of ether oxygens (including phenoxy) is 1. The Morgan fingerprint density at radius 2 is 1.48 bits per heavy atom. The van der Waals surface area contributed by atoms with Gasteiger partial charge in [-0.3, -0.25) is 35.1 Å². The summed E-state index contributed by atoms with van der Waals surface area (Å²) in [5.74, 6) is -0.872. The van der Waals surface area contributed by atoms with E-state index in [1.165, 1.54) is 19.2 Å². The van der Waals surface area contributed by atoms with Crippen LogP contribution in [0.2, 0.25) is 5.02 Å². The molecule has 0 unspecified atom stereocenters. The van der Waals surface area contributed by atoms with Crippen molar-refractivity contribution >= 4 is 40.3 Å². The van der Waals surface area contributed by atoms with Crippen molar-refractivity contribution in [1.29, 1.82) is 0 Å². The SMILES string of the molecule is COc1ccc(NC(=O)c2cc([N+](=O)[O-])c(Cl)c([N+](=O)[O-])c2)c([N+](=O)[O-])c1. The molecule has 12 nitrogen and oxygen atoms in total. The minimum absolute atomic E-state index is 0.164. The summed E-state index contributed by atoms with van der Waals surface area (Å²) >= 11 is 5.62. The Kier molecular flexibility index (Phi) is 5.51. The van der Waals surface area contributed by atoms with Gasteiger partial charge < -0.3 is 10.1 Å². The molecule has 0 aliphatic rings. The first-order valence-electron chi connectivity index (χ1n) is 6.91. The lowest BCUT2D eigenvalue weighted by Gasteiger charge is -2.08. The van der Waals surface area contributed by atoms with E-state index < -0.39 is 48.3 Å². The van der Waals surface area contributed by atoms with Crippen LogP contribution in [-0.2, 0) is 0 Å². The molecule has 1 amide bonds. The van der Waals surface area contributed by atoms with E-state index in [4.69, 9.17) is 16.3 Å². The molecule has 140 valence electrons. The van der Waals surface area contributed by atoms with Crippen LogP contribution in [0, 0.1) is 30.3 Å². The first kappa shape index (κ1) is 19.5. The lowest BCUT2D eigenvalue weighted by molar-refractivity contribution is -0.393. The predicted octanol–water partition coefficient (Wildman–Crippen LogP) is 3.33. The molecule has 0 bridgehead atoms. The monoisotopic (exact) mass is 396 g/mol. The van der Waals surface area contributed by atoms with Gasteiger partial charge in [0.25, 0.3) is 23.0 Å². The van der Waals surface area contributed by atoms with Gasteiger partial charge >= 0.3 is 0 Å². The Labute approximate surface area is 154 Å². The molecule has 1 N–H and O–H groups in total. The van der Waals surface area contributed by atoms with Crippen LogP contribution in [0.15, 0.2) is 30.3 Å². The van der Waals surface area contributed by atoms with Crippen molar-refractivity contribution in [3.63, 3.8) is 0 Å². The van der Waals surface area contributed by atoms with Crippen molar-refractivity contribution in [3.05, 3.63) is 71.3 Å². The Balaban J connectivity index is 2.49. The average Bonchev–Trinajstić information content (AvgIpc) is 2.61. The Morgan fingerprint density at radius 3 is 1.93 bits per heavy atom. The van der Waals surface area contributed by atoms with Crippen LogP contribution in [0.5, 0.6) is 5.75 Å². The van der Waals surface area contributed by atoms with Gasteiger partial charge in [0.05, 0.1) is 33.5 Å². The second-order valence-corrected chi connectivity index (χ2v) is 5.31. The van der Waals surface area contributed by atoms with Crippen LogP contribution in [-0.4, -0.2) is 27.8 Å². The summed E-state index contributed by atoms with van der Waals surface area (Å²) in [6.07, 6.45) is 0. The molecule has 0 aliphatic carbocycles. The molecule has 0 saturated carbocycles. The molecular weight excluding hydrogens is 388 g/mol. The third-order valence-corrected chi connectivity index (χ3v) is 3.73. The van der Waals surface area contributed by atoms with Crippen LogP contribution in [0.25, 0.3) is 0 Å². The fraction of sp³-hybridized carbons (Fsp3) is 0.0714. The summed E-state index contributed by atoms with van der Waals surface area (Å²) in [5.41, 5.74) is -2.89. The second-order valence-electron chi connectivity index (χ2n) is 4.94. The number of hydrogen-bond acceptors (Lipinski definition) is 8. The minimum Gasteiger partial charge on any atom is -0.496 e. The molecule has 0 radical (unpaired) electrons. The zero-order chi connectivity index (χ0) is 20.3. The largest absolute Gasteiger partial charge is 0.496 e. The van der Waals surface area contributed by atoms with E-state index in [0.717, 1.165) is 18.2 Å². The quantitative estimate of drug-likeness (QED) is 0.572. The smallest absolute Gasteiger partial charge is 0.296 e. The van der Waals surface area contributed by atoms with Gasteiger partial charge in [0, 0.05) is 12.1 Å². The molecular formula is C14H9ClN4O8. The molecule has 2 aromatic rings. The summed E-state index contributed by atoms with van der Waals surface area (Å²) in [5, 5.41) is 34.6. The van der Waals surface area contributed by atoms with E-state index in [9.17, 15) is 35.1 Å². The first-order chi connectivity index (χ1) is 12.6. The van der Waals surface area contributed by atoms with E-state index in [1.807, 2.05) is 0 Å². The first-order valence-corrected chi connectivity index (χ1v) is 7.29. The van der Waals surface area contributed by atoms with Crippen molar-refractivity contribution < 1.29 is 24.3 Å². The summed E-state index contributed by atoms with van der Waals surface area (Å²) in [6, 6.07) is 5.06. The molecule has 2 aromatic carbocycles. The number of amides is 1. The molecule has 13 heteroatoms. The number of nitrogens with zero attached hydrogens (tertiary/aromatic N) is 3. The highest BCUT2D eigenvalue weighted by Crippen LogP contribution is 2.35. The Hall–Kier alpha value is -3.80. The fourth-order valence-corrected chi connectivity index (χ4v) is 2.33. The number of benzene rings is 2. The van der Waals surface area contributed by atoms with Crippen LogP contribution in [0.3, 0.4) is 0 Å². The summed E-state index contributed by atoms with van der Waals surface area (Å²) in [4.78, 5) is 42.8. The van der Waals surface area contributed by atoms with Gasteiger partial charge in [0.2, 0.25) is 0 Å². The van der Waals surface area contributed by atoms with Crippen molar-refractivity contribution in [2.75, 3.05) is 12.4 Å². The summed E-state index contributed by atoms with van der Waals surface area (Å²) < 4.78 is 4.87. The van der Waals surface area contributed by atoms with Crippen LogP contribution in [0.1, 0.15) is 10.4 Å². The van der Waals surface area contributed by atoms with Crippen molar-refractivity contribution in [2.45, 2.75) is 0 Å². The average molecular weight is 397 g/mol. The zero-order valence-corrected chi connectivity index (χ0v) is 14.1. The third-order valence-electron chi connectivity index (χ3n) is 3.34. The van der Waals surface area contributed by atoms with Crippen molar-refractivity contribution in [1.82, 2.24) is 0 Å². The van der Waals surface area contributed by atoms with Crippen LogP contribution >= 0.6 is 11.6 Å². The molecule has 0 fully saturated rings. The molecule has 0 aromatic heterocycles. The van der Waals surface area contributed by atoms with Gasteiger partial charge in [-0.05, 0) is 12.1 Å². The topological polar surface area (TPSA) is 168 Å². The Morgan fingerprint density at radius 1 is 0.963 bits per heavy atom. The second kappa shape index (κ2) is 7.61. The van der Waals surface area contributed by atoms with Gasteiger partial charge in [-0.1, -0.05) is 11.6 Å². The summed E-state index contributed by atoms with van der Waals surface area (Å²) in [7, 11) is 1.29. The molecule has 0 heterocycles. The number of methoxy groups -OCH3 is 1. The molecule has 27 heavy (non-hydrogen) atoms. The van der Waals surface area contributed by atoms with Gasteiger partial charge in [-0.15, -0.1) is 0 Å². The van der Waals surface area contributed by atoms with Crippen LogP contribution < -0.4 is 10.1 Å². The van der Waals surface area contributed by atoms with E-state index in [-0.39, 0.29) is 11.4 Å². The maximum atomic E-state index is 12.4. The normalized spacial score (nSPS) is 10.1. The van der Waals surface area contributed by atoms with E-state index in [1.54, 1.807) is 0 Å². The van der Waals surface area contributed by atoms with E-state index in [2.05, 4.69) is 5.32 Å². The van der Waals surface area contributed by atoms with Crippen LogP contribution in [0.4, 0.5) is 22.7 Å². The standard InChI is InChI=1S/C14H9ClN4O8/c1-27-8-2-3-9(10(6-8)17(21)22)16-14(20)7-4-11(18(23)24)13(15)12(5-7)19(25)26/h2-6H,1H3,(H,16,20). The van der Waals surface area contributed by atoms with Gasteiger partial charge in [0.1, 0.15) is 11.4 Å². The van der Waals surface area contributed by atoms with Crippen molar-refractivity contribution in [2.24, 2.45) is 0 Å². The van der Waals surface area contributed by atoms with E-state index >= 15 is 0 Å². The number of nitro groups is 3. The maximum absolute atomic E-state index is 12.4. The lowest BCUT2D eigenvalue weighted by Crippen LogP contribution is -2.14. The highest BCUT2D eigenvalue weighted by molar-refractivity contribution is 6.35. The molecule has 0 aliphatic heterocycles. The number of halogens is 1. The lowest BCUT2D eigenvalue weighted by atomic mass is 10.1. The predicted molar refractivity (Wildman–Crippen MR) is 92.4 cm³/mol. The fourth-order valence-electron chi connectivity index (χ4n) is 2.08. The number of nitro benzene ring substituents is 3. The Bertz CT molecular complexity index is 943. The number of hydrogen-bond donors (Lipinski definition) is 1. The van der Waals surface area contributed by atoms with Gasteiger partial charge in [-0.25, -0.2) is 0 Å². The van der Waals surface area contributed by atoms with Crippen molar-refractivity contribution in [3.8, 4) is 5.75 Å². The third kappa shape index (κ3) is 4.07. The highest BCUT2D eigenvalue weighted by Gasteiger charge is 2.28. The van der Waals surface area contributed by atoms with E-state index in [0.29, 0.717) is 0 Å². The number of anilines is 1. The molecule has 0 atom stereocenters. The highest BCUT2D eigenvalue weighted by atomic mass is 35.5. The molecule has 0 saturated heterocycles. The maximum Gasteiger partial charge on any atom is 0.296 e. The number of rotatable bonds is 6. The number of nitrogens with one attached hydrogen (secondary N) is 1. The molecule has 2 rings (SSSR count).